The molecule has 0 atom stereocenters. The summed E-state index contributed by atoms with van der Waals surface area (Å²) in [5, 5.41) is 5.27. The number of hydrogen-bond acceptors (Lipinski definition) is 3. The van der Waals surface area contributed by atoms with Crippen LogP contribution in [0, 0.1) is 0 Å². The Hall–Kier alpha value is -2.04. The summed E-state index contributed by atoms with van der Waals surface area (Å²) in [6.07, 6.45) is 3.99. The van der Waals surface area contributed by atoms with E-state index in [1.54, 1.807) is 10.9 Å². The van der Waals surface area contributed by atoms with E-state index in [0.717, 1.165) is 36.8 Å². The summed E-state index contributed by atoms with van der Waals surface area (Å²) in [4.78, 5) is 14.0. The van der Waals surface area contributed by atoms with Crippen molar-refractivity contribution in [2.75, 3.05) is 18.8 Å². The molecule has 5 nitrogen and oxygen atoms in total. The van der Waals surface area contributed by atoms with Crippen LogP contribution < -0.4 is 5.73 Å². The average Bonchev–Trinajstić information content (AvgIpc) is 2.99. The van der Waals surface area contributed by atoms with Crippen molar-refractivity contribution in [1.82, 2.24) is 14.7 Å². The Bertz CT molecular complexity index is 584. The molecule has 1 fully saturated rings. The molecule has 2 N–H and O–H groups in total. The van der Waals surface area contributed by atoms with Gasteiger partial charge in [0.05, 0.1) is 11.7 Å². The SMILES string of the molecule is Nc1ccc2cnn(CC(=O)N3CCCC3)c2c1. The van der Waals surface area contributed by atoms with E-state index in [1.165, 1.54) is 0 Å². The molecule has 1 aromatic heterocycles. The highest BCUT2D eigenvalue weighted by Crippen LogP contribution is 2.17. The van der Waals surface area contributed by atoms with E-state index in [-0.39, 0.29) is 5.91 Å². The van der Waals surface area contributed by atoms with E-state index in [0.29, 0.717) is 12.2 Å². The van der Waals surface area contributed by atoms with Crippen molar-refractivity contribution in [3.63, 3.8) is 0 Å². The molecule has 0 radical (unpaired) electrons. The zero-order valence-electron chi connectivity index (χ0n) is 10.2. The molecule has 1 aliphatic heterocycles. The summed E-state index contributed by atoms with van der Waals surface area (Å²) in [6.45, 7) is 2.05. The van der Waals surface area contributed by atoms with Crippen molar-refractivity contribution in [2.45, 2.75) is 19.4 Å². The van der Waals surface area contributed by atoms with Crippen LogP contribution in [-0.2, 0) is 11.3 Å². The zero-order chi connectivity index (χ0) is 12.5. The van der Waals surface area contributed by atoms with E-state index in [9.17, 15) is 4.79 Å². The molecular weight excluding hydrogens is 228 g/mol. The van der Waals surface area contributed by atoms with Gasteiger partial charge in [0.2, 0.25) is 5.91 Å². The fourth-order valence-electron chi connectivity index (χ4n) is 2.41. The fraction of sp³-hybridized carbons (Fsp3) is 0.385. The van der Waals surface area contributed by atoms with Crippen molar-refractivity contribution >= 4 is 22.5 Å². The second kappa shape index (κ2) is 4.33. The highest BCUT2D eigenvalue weighted by molar-refractivity contribution is 5.84. The lowest BCUT2D eigenvalue weighted by molar-refractivity contribution is -0.130. The van der Waals surface area contributed by atoms with Gasteiger partial charge in [-0.1, -0.05) is 0 Å². The first-order valence-corrected chi connectivity index (χ1v) is 6.23. The van der Waals surface area contributed by atoms with Crippen LogP contribution in [0.1, 0.15) is 12.8 Å². The predicted octanol–water partition coefficient (Wildman–Crippen LogP) is 1.24. The number of nitrogens with two attached hydrogens (primary N) is 1. The Morgan fingerprint density at radius 1 is 1.33 bits per heavy atom. The first kappa shape index (κ1) is 11.1. The van der Waals surface area contributed by atoms with Crippen LogP contribution in [-0.4, -0.2) is 33.7 Å². The summed E-state index contributed by atoms with van der Waals surface area (Å²) in [6, 6.07) is 5.63. The van der Waals surface area contributed by atoms with Crippen LogP contribution in [0.25, 0.3) is 10.9 Å². The van der Waals surface area contributed by atoms with Gasteiger partial charge in [0, 0.05) is 24.2 Å². The third-order valence-electron chi connectivity index (χ3n) is 3.41. The summed E-state index contributed by atoms with van der Waals surface area (Å²) in [5.74, 6) is 0.139. The number of benzene rings is 1. The van der Waals surface area contributed by atoms with Crippen LogP contribution in [0.5, 0.6) is 0 Å². The van der Waals surface area contributed by atoms with E-state index >= 15 is 0 Å². The number of hydrogen-bond donors (Lipinski definition) is 1. The van der Waals surface area contributed by atoms with Crippen LogP contribution in [0.2, 0.25) is 0 Å². The molecular formula is C13H16N4O. The topological polar surface area (TPSA) is 64.1 Å². The lowest BCUT2D eigenvalue weighted by Crippen LogP contribution is -2.31. The Morgan fingerprint density at radius 3 is 2.89 bits per heavy atom. The maximum atomic E-state index is 12.1. The summed E-state index contributed by atoms with van der Waals surface area (Å²) < 4.78 is 1.73. The first-order valence-electron chi connectivity index (χ1n) is 6.23. The van der Waals surface area contributed by atoms with Crippen LogP contribution >= 0.6 is 0 Å². The molecule has 18 heavy (non-hydrogen) atoms. The smallest absolute Gasteiger partial charge is 0.244 e. The van der Waals surface area contributed by atoms with Crippen molar-refractivity contribution in [1.29, 1.82) is 0 Å². The number of likely N-dealkylation sites (tertiary alicyclic amines) is 1. The van der Waals surface area contributed by atoms with E-state index in [1.807, 2.05) is 23.1 Å². The summed E-state index contributed by atoms with van der Waals surface area (Å²) >= 11 is 0. The number of carbonyl (C=O) groups excluding carboxylic acids is 1. The molecule has 5 heteroatoms. The Kier molecular flexibility index (Phi) is 2.66. The maximum Gasteiger partial charge on any atom is 0.244 e. The monoisotopic (exact) mass is 244 g/mol. The van der Waals surface area contributed by atoms with E-state index in [4.69, 9.17) is 5.73 Å². The third-order valence-corrected chi connectivity index (χ3v) is 3.41. The largest absolute Gasteiger partial charge is 0.399 e. The van der Waals surface area contributed by atoms with Crippen molar-refractivity contribution in [3.8, 4) is 0 Å². The maximum absolute atomic E-state index is 12.1. The van der Waals surface area contributed by atoms with Gasteiger partial charge in [0.15, 0.2) is 0 Å². The minimum absolute atomic E-state index is 0.139. The molecule has 0 spiro atoms. The molecule has 2 heterocycles. The van der Waals surface area contributed by atoms with E-state index in [2.05, 4.69) is 5.10 Å². The second-order valence-electron chi connectivity index (χ2n) is 4.71. The Labute approximate surface area is 105 Å². The Balaban J connectivity index is 1.85. The van der Waals surface area contributed by atoms with Gasteiger partial charge in [0.1, 0.15) is 6.54 Å². The van der Waals surface area contributed by atoms with Gasteiger partial charge < -0.3 is 10.6 Å². The normalized spacial score (nSPS) is 15.4. The number of rotatable bonds is 2. The molecule has 3 rings (SSSR count). The molecule has 1 aliphatic rings. The van der Waals surface area contributed by atoms with Gasteiger partial charge >= 0.3 is 0 Å². The van der Waals surface area contributed by atoms with Gasteiger partial charge in [-0.05, 0) is 31.0 Å². The number of carbonyl (C=O) groups is 1. The van der Waals surface area contributed by atoms with Crippen LogP contribution in [0.4, 0.5) is 5.69 Å². The molecule has 0 unspecified atom stereocenters. The molecule has 1 amide bonds. The van der Waals surface area contributed by atoms with Crippen molar-refractivity contribution < 1.29 is 4.79 Å². The number of nitrogen functional groups attached to an aromatic ring is 1. The van der Waals surface area contributed by atoms with Gasteiger partial charge in [0.25, 0.3) is 0 Å². The van der Waals surface area contributed by atoms with Gasteiger partial charge in [-0.15, -0.1) is 0 Å². The van der Waals surface area contributed by atoms with Crippen LogP contribution in [0.15, 0.2) is 24.4 Å². The lowest BCUT2D eigenvalue weighted by Gasteiger charge is -2.15. The highest BCUT2D eigenvalue weighted by Gasteiger charge is 2.18. The Morgan fingerprint density at radius 2 is 2.11 bits per heavy atom. The number of aromatic nitrogens is 2. The second-order valence-corrected chi connectivity index (χ2v) is 4.71. The standard InChI is InChI=1S/C13H16N4O/c14-11-4-3-10-8-15-17(12(10)7-11)9-13(18)16-5-1-2-6-16/h3-4,7-8H,1-2,5-6,9,14H2. The van der Waals surface area contributed by atoms with Gasteiger partial charge in [-0.2, -0.15) is 5.10 Å². The average molecular weight is 244 g/mol. The van der Waals surface area contributed by atoms with Crippen molar-refractivity contribution in [2.24, 2.45) is 0 Å². The first-order chi connectivity index (χ1) is 8.74. The highest BCUT2D eigenvalue weighted by atomic mass is 16.2. The minimum Gasteiger partial charge on any atom is -0.399 e. The van der Waals surface area contributed by atoms with E-state index < -0.39 is 0 Å². The quantitative estimate of drug-likeness (QED) is 0.808. The molecule has 0 saturated carbocycles. The predicted molar refractivity (Wildman–Crippen MR) is 70.0 cm³/mol. The van der Waals surface area contributed by atoms with Gasteiger partial charge in [-0.3, -0.25) is 9.48 Å². The number of amides is 1. The molecule has 0 bridgehead atoms. The number of anilines is 1. The molecule has 2 aromatic rings. The fourth-order valence-corrected chi connectivity index (χ4v) is 2.41. The number of fused-ring (bicyclic) bond motifs is 1. The summed E-state index contributed by atoms with van der Waals surface area (Å²) in [7, 11) is 0. The van der Waals surface area contributed by atoms with Crippen molar-refractivity contribution in [3.05, 3.63) is 24.4 Å². The third kappa shape index (κ3) is 1.92. The molecule has 1 saturated heterocycles. The van der Waals surface area contributed by atoms with Crippen LogP contribution in [0.3, 0.4) is 0 Å². The molecule has 0 aliphatic carbocycles. The van der Waals surface area contributed by atoms with Gasteiger partial charge in [-0.25, -0.2) is 0 Å². The zero-order valence-corrected chi connectivity index (χ0v) is 10.2. The summed E-state index contributed by atoms with van der Waals surface area (Å²) in [5.41, 5.74) is 7.38. The number of nitrogens with zero attached hydrogens (tertiary/aromatic N) is 3. The lowest BCUT2D eigenvalue weighted by atomic mass is 10.2. The molecule has 1 aromatic carbocycles. The minimum atomic E-state index is 0.139. The molecule has 94 valence electrons.